The van der Waals surface area contributed by atoms with Gasteiger partial charge in [-0.3, -0.25) is 4.79 Å². The molecule has 0 saturated carbocycles. The molecule has 7 nitrogen and oxygen atoms in total. The number of rotatable bonds is 2. The molecule has 1 aliphatic heterocycles. The van der Waals surface area contributed by atoms with Gasteiger partial charge < -0.3 is 15.2 Å². The number of hydrogen-bond donors (Lipinski definition) is 2. The molecule has 0 aliphatic carbocycles. The van der Waals surface area contributed by atoms with E-state index in [4.69, 9.17) is 9.84 Å². The predicted octanol–water partition coefficient (Wildman–Crippen LogP) is 0.542. The Kier molecular flexibility index (Phi) is 3.86. The highest BCUT2D eigenvalue weighted by molar-refractivity contribution is 7.93. The van der Waals surface area contributed by atoms with Gasteiger partial charge in [-0.25, -0.2) is 13.2 Å². The Labute approximate surface area is 112 Å². The molecule has 19 heavy (non-hydrogen) atoms. The van der Waals surface area contributed by atoms with E-state index < -0.39 is 44.0 Å². The first-order valence-electron chi connectivity index (χ1n) is 5.82. The zero-order valence-electron chi connectivity index (χ0n) is 11.4. The molecule has 0 aromatic rings. The smallest absolute Gasteiger partial charge is 0.407 e. The van der Waals surface area contributed by atoms with Gasteiger partial charge in [0.2, 0.25) is 0 Å². The lowest BCUT2D eigenvalue weighted by molar-refractivity contribution is -0.139. The van der Waals surface area contributed by atoms with Crippen molar-refractivity contribution in [3.63, 3.8) is 0 Å². The molecule has 0 spiro atoms. The lowest BCUT2D eigenvalue weighted by atomic mass is 10.0. The van der Waals surface area contributed by atoms with E-state index >= 15 is 0 Å². The number of carbonyl (C=O) groups excluding carboxylic acids is 1. The van der Waals surface area contributed by atoms with Gasteiger partial charge in [0, 0.05) is 6.04 Å². The van der Waals surface area contributed by atoms with Gasteiger partial charge in [-0.15, -0.1) is 0 Å². The SMILES string of the molecule is CC(C)(C)OC(=O)NC1CC(C)(C(=O)O)S(=O)(=O)C1. The van der Waals surface area contributed by atoms with Crippen LogP contribution in [-0.2, 0) is 19.4 Å². The molecule has 8 heteroatoms. The van der Waals surface area contributed by atoms with E-state index in [0.717, 1.165) is 6.92 Å². The van der Waals surface area contributed by atoms with Crippen LogP contribution in [0.1, 0.15) is 34.1 Å². The molecule has 1 aliphatic rings. The molecule has 2 N–H and O–H groups in total. The molecule has 0 aromatic carbocycles. The minimum Gasteiger partial charge on any atom is -0.480 e. The van der Waals surface area contributed by atoms with Crippen LogP contribution in [0, 0.1) is 0 Å². The lowest BCUT2D eigenvalue weighted by Gasteiger charge is -2.21. The lowest BCUT2D eigenvalue weighted by Crippen LogP contribution is -2.41. The summed E-state index contributed by atoms with van der Waals surface area (Å²) in [7, 11) is -3.79. The average Bonchev–Trinajstić information content (AvgIpc) is 2.33. The molecule has 0 aromatic heterocycles. The second kappa shape index (κ2) is 4.66. The summed E-state index contributed by atoms with van der Waals surface area (Å²) in [6.45, 7) is 6.19. The summed E-state index contributed by atoms with van der Waals surface area (Å²) in [5.74, 6) is -1.80. The standard InChI is InChI=1S/C11H19NO6S/c1-10(2,3)18-9(15)12-7-5-11(4,8(13)14)19(16,17)6-7/h7H,5-6H2,1-4H3,(H,12,15)(H,13,14). The highest BCUT2D eigenvalue weighted by Gasteiger charge is 2.54. The van der Waals surface area contributed by atoms with Crippen LogP contribution in [0.25, 0.3) is 0 Å². The second-order valence-electron chi connectivity index (χ2n) is 5.86. The van der Waals surface area contributed by atoms with E-state index in [-0.39, 0.29) is 6.42 Å². The summed E-state index contributed by atoms with van der Waals surface area (Å²) in [4.78, 5) is 22.6. The van der Waals surface area contributed by atoms with Crippen molar-refractivity contribution in [1.82, 2.24) is 5.32 Å². The average molecular weight is 293 g/mol. The Balaban J connectivity index is 2.76. The van der Waals surface area contributed by atoms with Gasteiger partial charge in [0.15, 0.2) is 14.6 Å². The third kappa shape index (κ3) is 3.37. The van der Waals surface area contributed by atoms with Crippen molar-refractivity contribution in [2.45, 2.75) is 50.5 Å². The van der Waals surface area contributed by atoms with Gasteiger partial charge in [0.1, 0.15) is 5.60 Å². The molecule has 2 atom stereocenters. The second-order valence-corrected chi connectivity index (χ2v) is 8.33. The number of sulfone groups is 1. The summed E-state index contributed by atoms with van der Waals surface area (Å²) < 4.78 is 26.8. The maximum atomic E-state index is 11.8. The fraction of sp³-hybridized carbons (Fsp3) is 0.818. The first kappa shape index (κ1) is 15.7. The van der Waals surface area contributed by atoms with Crippen molar-refractivity contribution in [3.8, 4) is 0 Å². The van der Waals surface area contributed by atoms with Gasteiger partial charge in [0.05, 0.1) is 5.75 Å². The number of hydrogen-bond acceptors (Lipinski definition) is 5. The molecule has 1 saturated heterocycles. The Hall–Kier alpha value is -1.31. The molecular weight excluding hydrogens is 274 g/mol. The fourth-order valence-electron chi connectivity index (χ4n) is 1.89. The molecule has 2 unspecified atom stereocenters. The summed E-state index contributed by atoms with van der Waals surface area (Å²) >= 11 is 0. The Morgan fingerprint density at radius 2 is 1.89 bits per heavy atom. The highest BCUT2D eigenvalue weighted by Crippen LogP contribution is 2.32. The van der Waals surface area contributed by atoms with Crippen LogP contribution in [0.5, 0.6) is 0 Å². The van der Waals surface area contributed by atoms with Crippen molar-refractivity contribution >= 4 is 21.9 Å². The Bertz CT molecular complexity index is 492. The minimum atomic E-state index is -3.79. The van der Waals surface area contributed by atoms with E-state index in [9.17, 15) is 18.0 Å². The number of carbonyl (C=O) groups is 2. The molecule has 0 bridgehead atoms. The zero-order valence-corrected chi connectivity index (χ0v) is 12.2. The van der Waals surface area contributed by atoms with E-state index in [0.29, 0.717) is 0 Å². The fourth-order valence-corrected chi connectivity index (χ4v) is 3.71. The van der Waals surface area contributed by atoms with Crippen LogP contribution < -0.4 is 5.32 Å². The summed E-state index contributed by atoms with van der Waals surface area (Å²) in [5, 5.41) is 11.4. The largest absolute Gasteiger partial charge is 0.480 e. The van der Waals surface area contributed by atoms with Crippen molar-refractivity contribution in [1.29, 1.82) is 0 Å². The number of nitrogens with one attached hydrogen (secondary N) is 1. The third-order valence-corrected chi connectivity index (χ3v) is 5.47. The maximum Gasteiger partial charge on any atom is 0.407 e. The van der Waals surface area contributed by atoms with Crippen molar-refractivity contribution in [3.05, 3.63) is 0 Å². The number of amides is 1. The van der Waals surface area contributed by atoms with Gasteiger partial charge in [-0.05, 0) is 34.1 Å². The van der Waals surface area contributed by atoms with Crippen LogP contribution >= 0.6 is 0 Å². The first-order valence-corrected chi connectivity index (χ1v) is 7.48. The third-order valence-electron chi connectivity index (χ3n) is 2.92. The van der Waals surface area contributed by atoms with Crippen LogP contribution in [-0.4, -0.2) is 47.7 Å². The number of alkyl carbamates (subject to hydrolysis) is 1. The van der Waals surface area contributed by atoms with Crippen LogP contribution in [0.15, 0.2) is 0 Å². The molecule has 110 valence electrons. The Morgan fingerprint density at radius 3 is 2.26 bits per heavy atom. The van der Waals surface area contributed by atoms with E-state index in [2.05, 4.69) is 5.32 Å². The predicted molar refractivity (Wildman–Crippen MR) is 67.6 cm³/mol. The summed E-state index contributed by atoms with van der Waals surface area (Å²) in [6, 6.07) is -0.749. The van der Waals surface area contributed by atoms with E-state index in [1.807, 2.05) is 0 Å². The summed E-state index contributed by atoms with van der Waals surface area (Å²) in [5.41, 5.74) is -0.697. The molecule has 1 rings (SSSR count). The van der Waals surface area contributed by atoms with Crippen molar-refractivity contribution in [2.75, 3.05) is 5.75 Å². The van der Waals surface area contributed by atoms with Crippen molar-refractivity contribution < 1.29 is 27.9 Å². The van der Waals surface area contributed by atoms with E-state index in [1.54, 1.807) is 20.8 Å². The first-order chi connectivity index (χ1) is 8.37. The molecule has 1 amide bonds. The van der Waals surface area contributed by atoms with Crippen LogP contribution in [0.3, 0.4) is 0 Å². The van der Waals surface area contributed by atoms with E-state index in [1.165, 1.54) is 0 Å². The highest BCUT2D eigenvalue weighted by atomic mass is 32.2. The van der Waals surface area contributed by atoms with Crippen LogP contribution in [0.2, 0.25) is 0 Å². The Morgan fingerprint density at radius 1 is 1.37 bits per heavy atom. The molecule has 1 heterocycles. The molecular formula is C11H19NO6S. The monoisotopic (exact) mass is 293 g/mol. The maximum absolute atomic E-state index is 11.8. The van der Waals surface area contributed by atoms with Crippen LogP contribution in [0.4, 0.5) is 4.79 Å². The normalized spacial score (nSPS) is 29.8. The number of aliphatic carboxylic acids is 1. The van der Waals surface area contributed by atoms with Gasteiger partial charge in [0.25, 0.3) is 0 Å². The van der Waals surface area contributed by atoms with Crippen molar-refractivity contribution in [2.24, 2.45) is 0 Å². The number of carboxylic acid groups (broad SMARTS) is 1. The topological polar surface area (TPSA) is 110 Å². The molecule has 1 fully saturated rings. The quantitative estimate of drug-likeness (QED) is 0.769. The van der Waals surface area contributed by atoms with Gasteiger partial charge >= 0.3 is 12.1 Å². The van der Waals surface area contributed by atoms with Gasteiger partial charge in [-0.1, -0.05) is 0 Å². The van der Waals surface area contributed by atoms with Gasteiger partial charge in [-0.2, -0.15) is 0 Å². The molecule has 0 radical (unpaired) electrons. The number of ether oxygens (including phenoxy) is 1. The summed E-state index contributed by atoms with van der Waals surface area (Å²) in [6.07, 6.45) is -0.911. The zero-order chi connectivity index (χ0) is 15.1. The number of carboxylic acids is 1. The minimum absolute atomic E-state index is 0.163.